The number of halogens is 1. The molecule has 34 heavy (non-hydrogen) atoms. The smallest absolute Gasteiger partial charge is 0.217 e. The molecular weight excluding hydrogens is 429 g/mol. The Hall–Kier alpha value is -3.71. The van der Waals surface area contributed by atoms with Crippen LogP contribution in [-0.2, 0) is 4.79 Å². The van der Waals surface area contributed by atoms with E-state index in [1.807, 2.05) is 36.4 Å². The van der Waals surface area contributed by atoms with E-state index in [2.05, 4.69) is 39.3 Å². The van der Waals surface area contributed by atoms with Crippen LogP contribution in [-0.4, -0.2) is 54.0 Å². The van der Waals surface area contributed by atoms with Crippen LogP contribution in [0.3, 0.4) is 0 Å². The summed E-state index contributed by atoms with van der Waals surface area (Å²) in [4.78, 5) is 24.5. The van der Waals surface area contributed by atoms with E-state index in [9.17, 15) is 4.79 Å². The van der Waals surface area contributed by atoms with Crippen molar-refractivity contribution >= 4 is 22.6 Å². The first-order valence-electron chi connectivity index (χ1n) is 11.6. The molecule has 6 nitrogen and oxygen atoms in total. The minimum absolute atomic E-state index is 0.0753. The van der Waals surface area contributed by atoms with Crippen LogP contribution in [0.15, 0.2) is 54.6 Å². The summed E-state index contributed by atoms with van der Waals surface area (Å²) in [5.41, 5.74) is 7.20. The van der Waals surface area contributed by atoms with Crippen molar-refractivity contribution in [2.45, 2.75) is 13.0 Å². The van der Waals surface area contributed by atoms with Gasteiger partial charge in [0.2, 0.25) is 5.91 Å². The van der Waals surface area contributed by atoms with E-state index in [1.54, 1.807) is 6.07 Å². The molecule has 1 amide bonds. The highest BCUT2D eigenvalue weighted by molar-refractivity contribution is 5.93. The van der Waals surface area contributed by atoms with Crippen molar-refractivity contribution in [2.24, 2.45) is 0 Å². The lowest BCUT2D eigenvalue weighted by Gasteiger charge is -2.34. The first-order chi connectivity index (χ1) is 16.5. The zero-order valence-corrected chi connectivity index (χ0v) is 19.2. The van der Waals surface area contributed by atoms with Gasteiger partial charge in [-0.3, -0.25) is 4.79 Å². The molecule has 1 aromatic heterocycles. The Morgan fingerprint density at radius 1 is 1.03 bits per heavy atom. The van der Waals surface area contributed by atoms with Crippen LogP contribution in [0.1, 0.15) is 24.1 Å². The third kappa shape index (κ3) is 3.35. The lowest BCUT2D eigenvalue weighted by Crippen LogP contribution is -2.44. The number of rotatable bonds is 3. The molecule has 0 bridgehead atoms. The topological polar surface area (TPSA) is 64.3 Å². The number of imidazole rings is 1. The number of benzene rings is 3. The highest BCUT2D eigenvalue weighted by Crippen LogP contribution is 2.47. The number of likely N-dealkylation sites (N-methyl/N-ethyl adjacent to an activating group) is 1. The van der Waals surface area contributed by atoms with Crippen LogP contribution < -0.4 is 10.2 Å². The number of hydrogen-bond donors (Lipinski definition) is 2. The molecule has 2 heterocycles. The van der Waals surface area contributed by atoms with Crippen molar-refractivity contribution in [1.82, 2.24) is 20.2 Å². The number of aromatic nitrogens is 2. The van der Waals surface area contributed by atoms with Gasteiger partial charge in [-0.1, -0.05) is 42.5 Å². The molecule has 1 saturated heterocycles. The normalized spacial score (nSPS) is 17.6. The Morgan fingerprint density at radius 3 is 2.56 bits per heavy atom. The minimum atomic E-state index is -0.235. The SMILES string of the molecule is CC(=O)NC1c2ccccc2-c2c(-c3nc4cc(N5CCN(C)CC5)c(F)cc4[nH]3)cccc21. The molecular formula is C27H26FN5O. The maximum atomic E-state index is 15.1. The van der Waals surface area contributed by atoms with Crippen molar-refractivity contribution in [1.29, 1.82) is 0 Å². The van der Waals surface area contributed by atoms with Gasteiger partial charge in [0, 0.05) is 44.7 Å². The van der Waals surface area contributed by atoms with Gasteiger partial charge in [-0.2, -0.15) is 0 Å². The lowest BCUT2D eigenvalue weighted by atomic mass is 9.99. The summed E-state index contributed by atoms with van der Waals surface area (Å²) in [5, 5.41) is 3.09. The molecule has 0 saturated carbocycles. The fourth-order valence-corrected chi connectivity index (χ4v) is 5.25. The van der Waals surface area contributed by atoms with Gasteiger partial charge in [0.05, 0.1) is 22.8 Å². The number of fused-ring (bicyclic) bond motifs is 4. The Morgan fingerprint density at radius 2 is 1.76 bits per heavy atom. The van der Waals surface area contributed by atoms with Crippen molar-refractivity contribution in [3.05, 3.63) is 71.5 Å². The van der Waals surface area contributed by atoms with Gasteiger partial charge >= 0.3 is 0 Å². The first kappa shape index (κ1) is 20.9. The summed E-state index contributed by atoms with van der Waals surface area (Å²) in [6, 6.07) is 17.4. The zero-order valence-electron chi connectivity index (χ0n) is 19.2. The van der Waals surface area contributed by atoms with E-state index in [1.165, 1.54) is 6.92 Å². The number of nitrogens with one attached hydrogen (secondary N) is 2. The highest BCUT2D eigenvalue weighted by atomic mass is 19.1. The molecule has 1 atom stereocenters. The molecule has 0 spiro atoms. The number of H-pyrrole nitrogens is 1. The van der Waals surface area contributed by atoms with Crippen LogP contribution in [0, 0.1) is 5.82 Å². The van der Waals surface area contributed by atoms with Gasteiger partial charge < -0.3 is 20.1 Å². The first-order valence-corrected chi connectivity index (χ1v) is 11.6. The number of hydrogen-bond acceptors (Lipinski definition) is 4. The molecule has 2 N–H and O–H groups in total. The molecule has 4 aromatic rings. The van der Waals surface area contributed by atoms with Crippen LogP contribution in [0.2, 0.25) is 0 Å². The molecule has 0 radical (unpaired) electrons. The van der Waals surface area contributed by atoms with Gasteiger partial charge in [-0.15, -0.1) is 0 Å². The summed E-state index contributed by atoms with van der Waals surface area (Å²) in [7, 11) is 2.09. The van der Waals surface area contributed by atoms with E-state index >= 15 is 4.39 Å². The average Bonchev–Trinajstić information content (AvgIpc) is 3.38. The minimum Gasteiger partial charge on any atom is -0.367 e. The Labute approximate surface area is 197 Å². The van der Waals surface area contributed by atoms with Crippen LogP contribution in [0.25, 0.3) is 33.5 Å². The quantitative estimate of drug-likeness (QED) is 0.483. The van der Waals surface area contributed by atoms with Crippen LogP contribution >= 0.6 is 0 Å². The average molecular weight is 456 g/mol. The second-order valence-corrected chi connectivity index (χ2v) is 9.19. The maximum absolute atomic E-state index is 15.1. The van der Waals surface area contributed by atoms with Gasteiger partial charge in [0.1, 0.15) is 11.6 Å². The zero-order chi connectivity index (χ0) is 23.4. The number of carbonyl (C=O) groups excluding carboxylic acids is 1. The number of anilines is 1. The molecule has 1 fully saturated rings. The van der Waals surface area contributed by atoms with Crippen LogP contribution in [0.5, 0.6) is 0 Å². The molecule has 7 heteroatoms. The Kier molecular flexibility index (Phi) is 4.88. The van der Waals surface area contributed by atoms with Gasteiger partial charge in [-0.25, -0.2) is 9.37 Å². The molecule has 3 aromatic carbocycles. The number of aromatic amines is 1. The van der Waals surface area contributed by atoms with Gasteiger partial charge in [-0.05, 0) is 35.4 Å². The third-order valence-corrected chi connectivity index (χ3v) is 6.95. The summed E-state index contributed by atoms with van der Waals surface area (Å²) in [6.45, 7) is 4.95. The van der Waals surface area contributed by atoms with E-state index in [4.69, 9.17) is 4.98 Å². The van der Waals surface area contributed by atoms with E-state index in [0.29, 0.717) is 17.0 Å². The predicted molar refractivity (Wildman–Crippen MR) is 132 cm³/mol. The van der Waals surface area contributed by atoms with Gasteiger partial charge in [0.15, 0.2) is 0 Å². The second-order valence-electron chi connectivity index (χ2n) is 9.19. The monoisotopic (exact) mass is 455 g/mol. The fraction of sp³-hybridized carbons (Fsp3) is 0.259. The Balaban J connectivity index is 1.46. The van der Waals surface area contributed by atoms with Crippen molar-refractivity contribution in [2.75, 3.05) is 38.1 Å². The summed E-state index contributed by atoms with van der Waals surface area (Å²) in [6.07, 6.45) is 0. The number of piperazine rings is 1. The molecule has 1 aliphatic carbocycles. The summed E-state index contributed by atoms with van der Waals surface area (Å²) < 4.78 is 15.1. The van der Waals surface area contributed by atoms with E-state index in [0.717, 1.165) is 59.5 Å². The number of amides is 1. The van der Waals surface area contributed by atoms with Crippen LogP contribution in [0.4, 0.5) is 10.1 Å². The Bertz CT molecular complexity index is 1420. The molecule has 1 aliphatic heterocycles. The second kappa shape index (κ2) is 7.95. The number of carbonyl (C=O) groups is 1. The van der Waals surface area contributed by atoms with E-state index in [-0.39, 0.29) is 17.8 Å². The highest BCUT2D eigenvalue weighted by Gasteiger charge is 2.31. The largest absolute Gasteiger partial charge is 0.367 e. The maximum Gasteiger partial charge on any atom is 0.217 e. The van der Waals surface area contributed by atoms with E-state index < -0.39 is 0 Å². The van der Waals surface area contributed by atoms with Gasteiger partial charge in [0.25, 0.3) is 0 Å². The molecule has 2 aliphatic rings. The predicted octanol–water partition coefficient (Wildman–Crippen LogP) is 4.33. The molecule has 6 rings (SSSR count). The standard InChI is InChI=1S/C27H26FN5O/c1-16(34)29-26-18-7-4-3-6-17(18)25-19(26)8-5-9-20(25)27-30-22-14-21(28)24(15-23(22)31-27)33-12-10-32(2)11-13-33/h3-9,14-15,26H,10-13H2,1-2H3,(H,29,34)(H,30,31). The van der Waals surface area contributed by atoms with Crippen molar-refractivity contribution in [3.63, 3.8) is 0 Å². The van der Waals surface area contributed by atoms with Crippen molar-refractivity contribution in [3.8, 4) is 22.5 Å². The third-order valence-electron chi connectivity index (χ3n) is 6.95. The summed E-state index contributed by atoms with van der Waals surface area (Å²) in [5.74, 6) is 0.385. The van der Waals surface area contributed by atoms with Crippen molar-refractivity contribution < 1.29 is 9.18 Å². The molecule has 172 valence electrons. The fourth-order valence-electron chi connectivity index (χ4n) is 5.25. The number of nitrogens with zero attached hydrogens (tertiary/aromatic N) is 3. The molecule has 1 unspecified atom stereocenters. The summed E-state index contributed by atoms with van der Waals surface area (Å²) >= 11 is 0. The lowest BCUT2D eigenvalue weighted by molar-refractivity contribution is -0.119.